The molecule has 18 heavy (non-hydrogen) atoms. The van der Waals surface area contributed by atoms with Crippen molar-refractivity contribution in [2.45, 2.75) is 11.8 Å². The Labute approximate surface area is 107 Å². The number of hydrogen-bond acceptors (Lipinski definition) is 3. The fourth-order valence-corrected chi connectivity index (χ4v) is 2.72. The van der Waals surface area contributed by atoms with Gasteiger partial charge in [0.25, 0.3) is 0 Å². The van der Waals surface area contributed by atoms with Crippen LogP contribution in [0.5, 0.6) is 0 Å². The van der Waals surface area contributed by atoms with Crippen molar-refractivity contribution < 1.29 is 8.42 Å². The second-order valence-corrected chi connectivity index (χ2v) is 6.46. The van der Waals surface area contributed by atoms with Crippen molar-refractivity contribution in [3.8, 4) is 11.1 Å². The number of hydrogen-bond donors (Lipinski definition) is 1. The highest BCUT2D eigenvalue weighted by atomic mass is 32.2. The lowest BCUT2D eigenvalue weighted by Crippen LogP contribution is -2.22. The molecule has 0 saturated carbocycles. The van der Waals surface area contributed by atoms with Crippen molar-refractivity contribution in [3.63, 3.8) is 0 Å². The molecule has 0 fully saturated rings. The van der Waals surface area contributed by atoms with Gasteiger partial charge in [0, 0.05) is 25.9 Å². The Kier molecular flexibility index (Phi) is 3.23. The van der Waals surface area contributed by atoms with E-state index in [-0.39, 0.29) is 0 Å². The number of aromatic nitrogens is 2. The van der Waals surface area contributed by atoms with Crippen molar-refractivity contribution >= 4 is 10.0 Å². The lowest BCUT2D eigenvalue weighted by Gasteiger charge is -2.13. The predicted molar refractivity (Wildman–Crippen MR) is 69.6 cm³/mol. The average molecular weight is 265 g/mol. The molecule has 0 aliphatic heterocycles. The highest BCUT2D eigenvalue weighted by molar-refractivity contribution is 7.89. The van der Waals surface area contributed by atoms with Gasteiger partial charge in [-0.25, -0.2) is 12.7 Å². The fraction of sp³-hybridized carbons (Fsp3) is 0.250. The normalized spacial score (nSPS) is 12.0. The quantitative estimate of drug-likeness (QED) is 0.917. The minimum atomic E-state index is -3.41. The van der Waals surface area contributed by atoms with E-state index in [4.69, 9.17) is 0 Å². The van der Waals surface area contributed by atoms with E-state index in [0.717, 1.165) is 16.7 Å². The number of sulfonamides is 1. The number of nitrogens with one attached hydrogen (secondary N) is 1. The van der Waals surface area contributed by atoms with Gasteiger partial charge in [-0.2, -0.15) is 5.10 Å². The van der Waals surface area contributed by atoms with Gasteiger partial charge in [-0.15, -0.1) is 0 Å². The third-order valence-electron chi connectivity index (χ3n) is 2.66. The minimum absolute atomic E-state index is 0.295. The van der Waals surface area contributed by atoms with Gasteiger partial charge in [-0.05, 0) is 30.2 Å². The third-order valence-corrected chi connectivity index (χ3v) is 4.45. The number of rotatable bonds is 3. The van der Waals surface area contributed by atoms with Gasteiger partial charge in [-0.1, -0.05) is 6.07 Å². The number of aromatic amines is 1. The van der Waals surface area contributed by atoms with E-state index < -0.39 is 10.0 Å². The zero-order chi connectivity index (χ0) is 13.3. The van der Waals surface area contributed by atoms with Crippen LogP contribution < -0.4 is 0 Å². The Morgan fingerprint density at radius 1 is 1.17 bits per heavy atom. The molecule has 0 aliphatic carbocycles. The summed E-state index contributed by atoms with van der Waals surface area (Å²) in [6, 6.07) is 5.26. The summed E-state index contributed by atoms with van der Waals surface area (Å²) in [6.45, 7) is 1.87. The van der Waals surface area contributed by atoms with Crippen LogP contribution >= 0.6 is 0 Å². The van der Waals surface area contributed by atoms with Gasteiger partial charge in [0.15, 0.2) is 0 Å². The van der Waals surface area contributed by atoms with E-state index in [1.807, 2.05) is 13.0 Å². The van der Waals surface area contributed by atoms with Gasteiger partial charge in [-0.3, -0.25) is 5.10 Å². The van der Waals surface area contributed by atoms with E-state index in [0.29, 0.717) is 4.90 Å². The maximum atomic E-state index is 12.1. The Bertz CT molecular complexity index is 646. The Morgan fingerprint density at radius 3 is 2.44 bits per heavy atom. The predicted octanol–water partition coefficient (Wildman–Crippen LogP) is 1.64. The monoisotopic (exact) mass is 265 g/mol. The van der Waals surface area contributed by atoms with Crippen molar-refractivity contribution in [2.24, 2.45) is 0 Å². The lowest BCUT2D eigenvalue weighted by atomic mass is 10.1. The first kappa shape index (κ1) is 12.8. The van der Waals surface area contributed by atoms with Gasteiger partial charge in [0.05, 0.1) is 11.1 Å². The molecule has 1 aromatic carbocycles. The van der Waals surface area contributed by atoms with Crippen LogP contribution in [0, 0.1) is 6.92 Å². The first-order valence-electron chi connectivity index (χ1n) is 5.44. The highest BCUT2D eigenvalue weighted by Crippen LogP contribution is 2.24. The summed E-state index contributed by atoms with van der Waals surface area (Å²) >= 11 is 0. The van der Waals surface area contributed by atoms with Crippen molar-refractivity contribution in [1.82, 2.24) is 14.5 Å². The van der Waals surface area contributed by atoms with Gasteiger partial charge in [0.2, 0.25) is 10.0 Å². The highest BCUT2D eigenvalue weighted by Gasteiger charge is 2.18. The average Bonchev–Trinajstić information content (AvgIpc) is 2.81. The van der Waals surface area contributed by atoms with Crippen LogP contribution in [0.4, 0.5) is 0 Å². The first-order valence-corrected chi connectivity index (χ1v) is 6.88. The second-order valence-electron chi connectivity index (χ2n) is 4.31. The molecular formula is C12H15N3O2S. The SMILES string of the molecule is Cc1cc(-c2cn[nH]c2)cc(S(=O)(=O)N(C)C)c1. The van der Waals surface area contributed by atoms with E-state index in [1.165, 1.54) is 18.4 Å². The van der Waals surface area contributed by atoms with E-state index >= 15 is 0 Å². The summed E-state index contributed by atoms with van der Waals surface area (Å²) in [4.78, 5) is 0.295. The summed E-state index contributed by atoms with van der Waals surface area (Å²) in [5.74, 6) is 0. The lowest BCUT2D eigenvalue weighted by molar-refractivity contribution is 0.520. The van der Waals surface area contributed by atoms with Crippen molar-refractivity contribution in [2.75, 3.05) is 14.1 Å². The van der Waals surface area contributed by atoms with Crippen molar-refractivity contribution in [3.05, 3.63) is 36.2 Å². The zero-order valence-corrected chi connectivity index (χ0v) is 11.3. The topological polar surface area (TPSA) is 66.1 Å². The molecule has 0 amide bonds. The molecule has 0 unspecified atom stereocenters. The standard InChI is InChI=1S/C12H15N3O2S/c1-9-4-10(11-7-13-14-8-11)6-12(5-9)18(16,17)15(2)3/h4-8H,1-3H3,(H,13,14). The van der Waals surface area contributed by atoms with Crippen LogP contribution in [0.15, 0.2) is 35.5 Å². The minimum Gasteiger partial charge on any atom is -0.285 e. The molecule has 0 saturated heterocycles. The maximum Gasteiger partial charge on any atom is 0.242 e. The fourth-order valence-electron chi connectivity index (χ4n) is 1.68. The summed E-state index contributed by atoms with van der Waals surface area (Å²) in [7, 11) is -0.364. The molecule has 6 heteroatoms. The van der Waals surface area contributed by atoms with E-state index in [9.17, 15) is 8.42 Å². The van der Waals surface area contributed by atoms with Crippen LogP contribution in [0.3, 0.4) is 0 Å². The summed E-state index contributed by atoms with van der Waals surface area (Å²) in [6.07, 6.45) is 3.40. The van der Waals surface area contributed by atoms with Crippen molar-refractivity contribution in [1.29, 1.82) is 0 Å². The molecular weight excluding hydrogens is 250 g/mol. The van der Waals surface area contributed by atoms with Crippen LogP contribution in [0.2, 0.25) is 0 Å². The molecule has 0 spiro atoms. The summed E-state index contributed by atoms with van der Waals surface area (Å²) in [5, 5.41) is 6.59. The molecule has 2 aromatic rings. The summed E-state index contributed by atoms with van der Waals surface area (Å²) in [5.41, 5.74) is 2.60. The Balaban J connectivity index is 2.59. The van der Waals surface area contributed by atoms with Crippen LogP contribution in [0.25, 0.3) is 11.1 Å². The number of H-pyrrole nitrogens is 1. The summed E-state index contributed by atoms with van der Waals surface area (Å²) < 4.78 is 25.4. The smallest absolute Gasteiger partial charge is 0.242 e. The third kappa shape index (κ3) is 2.30. The zero-order valence-electron chi connectivity index (χ0n) is 10.5. The number of benzene rings is 1. The molecule has 0 aliphatic rings. The van der Waals surface area contributed by atoms with E-state index in [2.05, 4.69) is 10.2 Å². The van der Waals surface area contributed by atoms with Crippen LogP contribution in [-0.4, -0.2) is 37.0 Å². The Hall–Kier alpha value is -1.66. The van der Waals surface area contributed by atoms with Gasteiger partial charge in [0.1, 0.15) is 0 Å². The Morgan fingerprint density at radius 2 is 1.89 bits per heavy atom. The van der Waals surface area contributed by atoms with Gasteiger partial charge < -0.3 is 0 Å². The van der Waals surface area contributed by atoms with Gasteiger partial charge >= 0.3 is 0 Å². The number of nitrogens with zero attached hydrogens (tertiary/aromatic N) is 2. The van der Waals surface area contributed by atoms with Crippen LogP contribution in [0.1, 0.15) is 5.56 Å². The molecule has 0 bridgehead atoms. The maximum absolute atomic E-state index is 12.1. The molecule has 96 valence electrons. The molecule has 0 atom stereocenters. The first-order chi connectivity index (χ1) is 8.41. The molecule has 0 radical (unpaired) electrons. The molecule has 1 heterocycles. The number of aryl methyl sites for hydroxylation is 1. The molecule has 2 rings (SSSR count). The van der Waals surface area contributed by atoms with Crippen LogP contribution in [-0.2, 0) is 10.0 Å². The molecule has 1 aromatic heterocycles. The second kappa shape index (κ2) is 4.55. The molecule has 5 nitrogen and oxygen atoms in total. The largest absolute Gasteiger partial charge is 0.285 e. The molecule has 1 N–H and O–H groups in total. The van der Waals surface area contributed by atoms with E-state index in [1.54, 1.807) is 24.5 Å².